The third-order valence-electron chi connectivity index (χ3n) is 3.95. The summed E-state index contributed by atoms with van der Waals surface area (Å²) in [4.78, 5) is 26.7. The molecule has 0 aliphatic heterocycles. The van der Waals surface area contributed by atoms with Gasteiger partial charge in [0.2, 0.25) is 5.91 Å². The number of halogens is 2. The molecule has 0 aliphatic carbocycles. The molecule has 1 aromatic carbocycles. The summed E-state index contributed by atoms with van der Waals surface area (Å²) in [6.45, 7) is 5.28. The summed E-state index contributed by atoms with van der Waals surface area (Å²) in [5.41, 5.74) is 0.494. The van der Waals surface area contributed by atoms with E-state index in [0.29, 0.717) is 23.7 Å². The van der Waals surface area contributed by atoms with Crippen LogP contribution >= 0.6 is 24.0 Å². The molecule has 0 saturated carbocycles. The highest BCUT2D eigenvalue weighted by Gasteiger charge is 2.28. The Balaban J connectivity index is 0.00000529. The zero-order valence-electron chi connectivity index (χ0n) is 14.6. The van der Waals surface area contributed by atoms with E-state index in [0.717, 1.165) is 6.42 Å². The van der Waals surface area contributed by atoms with Gasteiger partial charge in [-0.25, -0.2) is 0 Å². The molecule has 2 amide bonds. The SMILES string of the molecule is CCC(C)C(NC(=O)c1ccc(Cl)cc1)C(=O)N(C)CCNC.Cl. The zero-order valence-corrected chi connectivity index (χ0v) is 16.2. The first-order valence-corrected chi connectivity index (χ1v) is 8.24. The summed E-state index contributed by atoms with van der Waals surface area (Å²) in [6.07, 6.45) is 0.803. The van der Waals surface area contributed by atoms with Gasteiger partial charge in [-0.1, -0.05) is 31.9 Å². The van der Waals surface area contributed by atoms with Crippen molar-refractivity contribution in [3.63, 3.8) is 0 Å². The average Bonchev–Trinajstić information content (AvgIpc) is 2.56. The predicted molar refractivity (Wildman–Crippen MR) is 101 cm³/mol. The highest BCUT2D eigenvalue weighted by molar-refractivity contribution is 6.30. The lowest BCUT2D eigenvalue weighted by molar-refractivity contribution is -0.133. The van der Waals surface area contributed by atoms with E-state index in [9.17, 15) is 9.59 Å². The molecule has 0 fully saturated rings. The maximum atomic E-state index is 12.6. The molecular weight excluding hydrogens is 349 g/mol. The fraction of sp³-hybridized carbons (Fsp3) is 0.529. The molecule has 7 heteroatoms. The van der Waals surface area contributed by atoms with Gasteiger partial charge in [0, 0.05) is 30.7 Å². The molecule has 0 spiro atoms. The summed E-state index contributed by atoms with van der Waals surface area (Å²) >= 11 is 5.84. The number of nitrogens with zero attached hydrogens (tertiary/aromatic N) is 1. The summed E-state index contributed by atoms with van der Waals surface area (Å²) in [6, 6.07) is 6.09. The molecule has 0 saturated heterocycles. The number of likely N-dealkylation sites (N-methyl/N-ethyl adjacent to an activating group) is 2. The maximum Gasteiger partial charge on any atom is 0.251 e. The molecular formula is C17H27Cl2N3O2. The van der Waals surface area contributed by atoms with Gasteiger partial charge in [0.15, 0.2) is 0 Å². The largest absolute Gasteiger partial charge is 0.343 e. The minimum Gasteiger partial charge on any atom is -0.343 e. The number of amides is 2. The minimum atomic E-state index is -0.537. The first-order chi connectivity index (χ1) is 10.9. The first-order valence-electron chi connectivity index (χ1n) is 7.86. The lowest BCUT2D eigenvalue weighted by Crippen LogP contribution is -2.51. The number of hydrogen-bond acceptors (Lipinski definition) is 3. The van der Waals surface area contributed by atoms with Crippen molar-refractivity contribution < 1.29 is 9.59 Å². The maximum absolute atomic E-state index is 12.6. The van der Waals surface area contributed by atoms with E-state index in [1.165, 1.54) is 0 Å². The Morgan fingerprint density at radius 2 is 1.83 bits per heavy atom. The van der Waals surface area contributed by atoms with Crippen molar-refractivity contribution in [3.8, 4) is 0 Å². The van der Waals surface area contributed by atoms with Gasteiger partial charge in [-0.05, 0) is 37.2 Å². The molecule has 0 bridgehead atoms. The van der Waals surface area contributed by atoms with Gasteiger partial charge >= 0.3 is 0 Å². The van der Waals surface area contributed by atoms with Crippen molar-refractivity contribution in [2.45, 2.75) is 26.3 Å². The second kappa shape index (κ2) is 11.3. The van der Waals surface area contributed by atoms with E-state index in [-0.39, 0.29) is 30.1 Å². The van der Waals surface area contributed by atoms with Crippen LogP contribution in [-0.2, 0) is 4.79 Å². The highest BCUT2D eigenvalue weighted by Crippen LogP contribution is 2.13. The molecule has 1 aromatic rings. The predicted octanol–water partition coefficient (Wildman–Crippen LogP) is 2.58. The Kier molecular flexibility index (Phi) is 10.7. The van der Waals surface area contributed by atoms with E-state index in [1.54, 1.807) is 36.2 Å². The van der Waals surface area contributed by atoms with Crippen LogP contribution in [0.5, 0.6) is 0 Å². The van der Waals surface area contributed by atoms with Crippen LogP contribution in [0.25, 0.3) is 0 Å². The zero-order chi connectivity index (χ0) is 17.4. The molecule has 5 nitrogen and oxygen atoms in total. The third-order valence-corrected chi connectivity index (χ3v) is 4.20. The topological polar surface area (TPSA) is 61.4 Å². The normalized spacial score (nSPS) is 12.7. The number of carbonyl (C=O) groups excluding carboxylic acids is 2. The van der Waals surface area contributed by atoms with E-state index >= 15 is 0 Å². The van der Waals surface area contributed by atoms with Gasteiger partial charge in [0.05, 0.1) is 0 Å². The van der Waals surface area contributed by atoms with E-state index < -0.39 is 6.04 Å². The van der Waals surface area contributed by atoms with Gasteiger partial charge < -0.3 is 15.5 Å². The molecule has 0 aromatic heterocycles. The van der Waals surface area contributed by atoms with Crippen molar-refractivity contribution in [3.05, 3.63) is 34.9 Å². The fourth-order valence-electron chi connectivity index (χ4n) is 2.14. The number of carbonyl (C=O) groups is 2. The van der Waals surface area contributed by atoms with Crippen molar-refractivity contribution in [2.24, 2.45) is 5.92 Å². The summed E-state index contributed by atoms with van der Waals surface area (Å²) in [5.74, 6) is -0.282. The summed E-state index contributed by atoms with van der Waals surface area (Å²) in [5, 5.41) is 6.45. The third kappa shape index (κ3) is 6.67. The van der Waals surface area contributed by atoms with Crippen LogP contribution in [0.4, 0.5) is 0 Å². The molecule has 1 rings (SSSR count). The van der Waals surface area contributed by atoms with Crippen molar-refractivity contribution in [1.29, 1.82) is 0 Å². The second-order valence-electron chi connectivity index (χ2n) is 5.71. The van der Waals surface area contributed by atoms with Crippen LogP contribution in [-0.4, -0.2) is 49.9 Å². The molecule has 2 atom stereocenters. The summed E-state index contributed by atoms with van der Waals surface area (Å²) in [7, 11) is 3.59. The lowest BCUT2D eigenvalue weighted by atomic mass is 9.97. The number of hydrogen-bond donors (Lipinski definition) is 2. The Hall–Kier alpha value is -1.30. The molecule has 2 unspecified atom stereocenters. The van der Waals surface area contributed by atoms with E-state index in [1.807, 2.05) is 20.9 Å². The number of nitrogens with one attached hydrogen (secondary N) is 2. The Morgan fingerprint density at radius 1 is 1.25 bits per heavy atom. The van der Waals surface area contributed by atoms with Crippen molar-refractivity contribution in [1.82, 2.24) is 15.5 Å². The van der Waals surface area contributed by atoms with Crippen LogP contribution in [0, 0.1) is 5.92 Å². The quantitative estimate of drug-likeness (QED) is 0.733. The monoisotopic (exact) mass is 375 g/mol. The number of benzene rings is 1. The standard InChI is InChI=1S/C17H26ClN3O2.ClH/c1-5-12(2)15(17(23)21(4)11-10-19-3)20-16(22)13-6-8-14(18)9-7-13;/h6-9,12,15,19H,5,10-11H2,1-4H3,(H,20,22);1H. The molecule has 24 heavy (non-hydrogen) atoms. The Morgan fingerprint density at radius 3 is 2.33 bits per heavy atom. The van der Waals surface area contributed by atoms with Crippen molar-refractivity contribution in [2.75, 3.05) is 27.2 Å². The van der Waals surface area contributed by atoms with Gasteiger partial charge in [-0.3, -0.25) is 9.59 Å². The van der Waals surface area contributed by atoms with Crippen LogP contribution in [0.2, 0.25) is 5.02 Å². The van der Waals surface area contributed by atoms with Crippen molar-refractivity contribution >= 4 is 35.8 Å². The smallest absolute Gasteiger partial charge is 0.251 e. The van der Waals surface area contributed by atoms with Crippen LogP contribution < -0.4 is 10.6 Å². The van der Waals surface area contributed by atoms with Crippen LogP contribution in [0.15, 0.2) is 24.3 Å². The molecule has 2 N–H and O–H groups in total. The minimum absolute atomic E-state index is 0. The fourth-order valence-corrected chi connectivity index (χ4v) is 2.26. The molecule has 0 heterocycles. The first kappa shape index (κ1) is 22.7. The van der Waals surface area contributed by atoms with Gasteiger partial charge in [-0.15, -0.1) is 12.4 Å². The second-order valence-corrected chi connectivity index (χ2v) is 6.14. The summed E-state index contributed by atoms with van der Waals surface area (Å²) < 4.78 is 0. The molecule has 0 radical (unpaired) electrons. The van der Waals surface area contributed by atoms with Gasteiger partial charge in [-0.2, -0.15) is 0 Å². The van der Waals surface area contributed by atoms with E-state index in [2.05, 4.69) is 10.6 Å². The van der Waals surface area contributed by atoms with Gasteiger partial charge in [0.25, 0.3) is 5.91 Å². The van der Waals surface area contributed by atoms with Gasteiger partial charge in [0.1, 0.15) is 6.04 Å². The average molecular weight is 376 g/mol. The molecule has 136 valence electrons. The van der Waals surface area contributed by atoms with Crippen LogP contribution in [0.1, 0.15) is 30.6 Å². The lowest BCUT2D eigenvalue weighted by Gasteiger charge is -2.28. The number of rotatable bonds is 8. The van der Waals surface area contributed by atoms with E-state index in [4.69, 9.17) is 11.6 Å². The Labute approximate surface area is 155 Å². The highest BCUT2D eigenvalue weighted by atomic mass is 35.5. The van der Waals surface area contributed by atoms with Crippen LogP contribution in [0.3, 0.4) is 0 Å². The molecule has 0 aliphatic rings. The Bertz CT molecular complexity index is 523.